The van der Waals surface area contributed by atoms with Gasteiger partial charge in [0.1, 0.15) is 0 Å². The van der Waals surface area contributed by atoms with E-state index in [2.05, 4.69) is 194 Å². The topological polar surface area (TPSA) is 4.93 Å². The summed E-state index contributed by atoms with van der Waals surface area (Å²) in [6.45, 7) is 4.51. The molecule has 0 saturated heterocycles. The third kappa shape index (κ3) is 4.65. The molecule has 7 aromatic rings. The molecule has 0 aliphatic rings. The van der Waals surface area contributed by atoms with Crippen LogP contribution in [0.4, 0.5) is 0 Å². The molecular formula is C42H35NSi. The van der Waals surface area contributed by atoms with Crippen LogP contribution in [0.5, 0.6) is 0 Å². The highest BCUT2D eigenvalue weighted by atomic mass is 28.3. The van der Waals surface area contributed by atoms with Gasteiger partial charge in [0.25, 0.3) is 0 Å². The van der Waals surface area contributed by atoms with E-state index in [0.29, 0.717) is 0 Å². The molecule has 1 heterocycles. The van der Waals surface area contributed by atoms with E-state index >= 15 is 0 Å². The Labute approximate surface area is 261 Å². The predicted octanol–water partition coefficient (Wildman–Crippen LogP) is 7.81. The second kappa shape index (κ2) is 11.8. The Kier molecular flexibility index (Phi) is 7.43. The minimum atomic E-state index is -2.88. The van der Waals surface area contributed by atoms with Gasteiger partial charge in [-0.2, -0.15) is 0 Å². The summed E-state index contributed by atoms with van der Waals surface area (Å²) in [5.74, 6) is 0. The van der Waals surface area contributed by atoms with Crippen molar-refractivity contribution >= 4 is 28.8 Å². The Morgan fingerprint density at radius 3 is 1.23 bits per heavy atom. The highest BCUT2D eigenvalue weighted by Gasteiger charge is 2.46. The molecule has 44 heavy (non-hydrogen) atoms. The van der Waals surface area contributed by atoms with Gasteiger partial charge in [0, 0.05) is 5.69 Å². The van der Waals surface area contributed by atoms with Gasteiger partial charge < -0.3 is 4.57 Å². The number of para-hydroxylation sites is 1. The molecule has 1 nitrogen and oxygen atoms in total. The van der Waals surface area contributed by atoms with Crippen LogP contribution in [-0.4, -0.2) is 12.6 Å². The van der Waals surface area contributed by atoms with Crippen LogP contribution in [0, 0.1) is 13.8 Å². The molecular weight excluding hydrogens is 547 g/mol. The standard InChI is InChI=1S/C42H35NSi/c1-32-28-30-35(31-29-32)40-33(2)42(41(34-18-8-3-9-19-34)43(40)36-20-10-4-11-21-36)44(37-22-12-5-13-23-37,38-24-14-6-15-25-38)39-26-16-7-17-27-39/h3-31H,1-2H3. The van der Waals surface area contributed by atoms with Gasteiger partial charge in [-0.25, -0.2) is 0 Å². The second-order valence-electron chi connectivity index (χ2n) is 11.4. The summed E-state index contributed by atoms with van der Waals surface area (Å²) in [5, 5.41) is 5.54. The Balaban J connectivity index is 1.75. The number of hydrogen-bond donors (Lipinski definition) is 0. The number of nitrogens with zero attached hydrogens (tertiary/aromatic N) is 1. The van der Waals surface area contributed by atoms with Crippen LogP contribution in [0.1, 0.15) is 11.1 Å². The largest absolute Gasteiger partial charge is 0.309 e. The van der Waals surface area contributed by atoms with Gasteiger partial charge in [-0.05, 0) is 63.4 Å². The lowest BCUT2D eigenvalue weighted by Crippen LogP contribution is -2.75. The molecule has 2 heteroatoms. The lowest BCUT2D eigenvalue weighted by Gasteiger charge is -2.35. The Hall–Kier alpha value is -5.18. The van der Waals surface area contributed by atoms with E-state index in [0.717, 1.165) is 5.69 Å². The molecule has 0 amide bonds. The number of aryl methyl sites for hydroxylation is 1. The third-order valence-electron chi connectivity index (χ3n) is 8.80. The van der Waals surface area contributed by atoms with Crippen molar-refractivity contribution < 1.29 is 0 Å². The quantitative estimate of drug-likeness (QED) is 0.134. The molecule has 0 N–H and O–H groups in total. The van der Waals surface area contributed by atoms with Gasteiger partial charge in [0.05, 0.1) is 11.4 Å². The molecule has 0 saturated carbocycles. The molecule has 212 valence electrons. The summed E-state index contributed by atoms with van der Waals surface area (Å²) < 4.78 is 2.53. The number of benzene rings is 6. The molecule has 0 bridgehead atoms. The van der Waals surface area contributed by atoms with Crippen LogP contribution in [0.3, 0.4) is 0 Å². The first-order valence-electron chi connectivity index (χ1n) is 15.3. The van der Waals surface area contributed by atoms with Crippen molar-refractivity contribution in [3.63, 3.8) is 0 Å². The molecule has 0 aliphatic carbocycles. The molecule has 0 aliphatic heterocycles. The summed E-state index contributed by atoms with van der Waals surface area (Å²) in [6, 6.07) is 64.7. The van der Waals surface area contributed by atoms with Gasteiger partial charge in [-0.3, -0.25) is 0 Å². The van der Waals surface area contributed by atoms with Crippen molar-refractivity contribution in [3.05, 3.63) is 187 Å². The number of rotatable bonds is 7. The van der Waals surface area contributed by atoms with E-state index < -0.39 is 8.07 Å². The van der Waals surface area contributed by atoms with Crippen LogP contribution in [0.15, 0.2) is 176 Å². The van der Waals surface area contributed by atoms with E-state index in [4.69, 9.17) is 0 Å². The summed E-state index contributed by atoms with van der Waals surface area (Å²) in [4.78, 5) is 0. The zero-order chi connectivity index (χ0) is 29.9. The molecule has 6 aromatic carbocycles. The first kappa shape index (κ1) is 27.6. The van der Waals surface area contributed by atoms with Gasteiger partial charge in [0.2, 0.25) is 0 Å². The smallest absolute Gasteiger partial charge is 0.182 e. The van der Waals surface area contributed by atoms with E-state index in [1.807, 2.05) is 0 Å². The fourth-order valence-electron chi connectivity index (χ4n) is 6.91. The third-order valence-corrected chi connectivity index (χ3v) is 13.8. The summed E-state index contributed by atoms with van der Waals surface area (Å²) in [6.07, 6.45) is 0. The first-order valence-corrected chi connectivity index (χ1v) is 17.3. The van der Waals surface area contributed by atoms with Gasteiger partial charge >= 0.3 is 0 Å². The van der Waals surface area contributed by atoms with Crippen molar-refractivity contribution in [3.8, 4) is 28.2 Å². The van der Waals surface area contributed by atoms with E-state index in [1.165, 1.54) is 54.4 Å². The Morgan fingerprint density at radius 1 is 0.386 bits per heavy atom. The number of hydrogen-bond acceptors (Lipinski definition) is 0. The lowest BCUT2D eigenvalue weighted by atomic mass is 10.1. The van der Waals surface area contributed by atoms with Gasteiger partial charge in [-0.1, -0.05) is 169 Å². The zero-order valence-electron chi connectivity index (χ0n) is 25.2. The van der Waals surface area contributed by atoms with Crippen LogP contribution in [0.25, 0.3) is 28.2 Å². The van der Waals surface area contributed by atoms with Gasteiger partial charge in [0.15, 0.2) is 8.07 Å². The van der Waals surface area contributed by atoms with Crippen molar-refractivity contribution in [1.82, 2.24) is 4.57 Å². The molecule has 0 spiro atoms. The van der Waals surface area contributed by atoms with E-state index in [1.54, 1.807) is 0 Å². The van der Waals surface area contributed by atoms with Crippen LogP contribution in [0.2, 0.25) is 0 Å². The predicted molar refractivity (Wildman–Crippen MR) is 190 cm³/mol. The van der Waals surface area contributed by atoms with E-state index in [-0.39, 0.29) is 0 Å². The van der Waals surface area contributed by atoms with Crippen molar-refractivity contribution in [2.75, 3.05) is 0 Å². The highest BCUT2D eigenvalue weighted by Crippen LogP contribution is 2.36. The van der Waals surface area contributed by atoms with E-state index in [9.17, 15) is 0 Å². The SMILES string of the molecule is Cc1ccc(-c2c(C)c([Si](c3ccccc3)(c3ccccc3)c3ccccc3)c(-c3ccccc3)n2-c2ccccc2)cc1. The first-order chi connectivity index (χ1) is 21.7. The lowest BCUT2D eigenvalue weighted by molar-refractivity contribution is 1.09. The maximum absolute atomic E-state index is 2.88. The Morgan fingerprint density at radius 2 is 0.773 bits per heavy atom. The summed E-state index contributed by atoms with van der Waals surface area (Å²) in [7, 11) is -2.88. The molecule has 0 unspecified atom stereocenters. The fraction of sp³-hybridized carbons (Fsp3) is 0.0476. The summed E-state index contributed by atoms with van der Waals surface area (Å²) in [5.41, 5.74) is 8.67. The average Bonchev–Trinajstić information content (AvgIpc) is 3.40. The van der Waals surface area contributed by atoms with Crippen molar-refractivity contribution in [2.45, 2.75) is 13.8 Å². The molecule has 0 fully saturated rings. The monoisotopic (exact) mass is 581 g/mol. The Bertz CT molecular complexity index is 1880. The van der Waals surface area contributed by atoms with Crippen LogP contribution < -0.4 is 20.7 Å². The average molecular weight is 582 g/mol. The van der Waals surface area contributed by atoms with Crippen LogP contribution >= 0.6 is 0 Å². The number of aromatic nitrogens is 1. The van der Waals surface area contributed by atoms with Crippen LogP contribution in [-0.2, 0) is 0 Å². The minimum Gasteiger partial charge on any atom is -0.309 e. The summed E-state index contributed by atoms with van der Waals surface area (Å²) >= 11 is 0. The maximum atomic E-state index is 2.53. The highest BCUT2D eigenvalue weighted by molar-refractivity contribution is 7.20. The maximum Gasteiger partial charge on any atom is 0.182 e. The fourth-order valence-corrected chi connectivity index (χ4v) is 12.1. The molecule has 0 atom stereocenters. The normalized spacial score (nSPS) is 11.4. The second-order valence-corrected chi connectivity index (χ2v) is 15.2. The minimum absolute atomic E-state index is 1.16. The van der Waals surface area contributed by atoms with Crippen molar-refractivity contribution in [2.24, 2.45) is 0 Å². The molecule has 1 aromatic heterocycles. The van der Waals surface area contributed by atoms with Gasteiger partial charge in [-0.15, -0.1) is 0 Å². The molecule has 0 radical (unpaired) electrons. The zero-order valence-corrected chi connectivity index (χ0v) is 26.2. The molecule has 7 rings (SSSR count). The van der Waals surface area contributed by atoms with Crippen molar-refractivity contribution in [1.29, 1.82) is 0 Å².